The second-order valence-corrected chi connectivity index (χ2v) is 17.3. The van der Waals surface area contributed by atoms with Crippen molar-refractivity contribution in [3.05, 3.63) is 0 Å². The first-order valence-electron chi connectivity index (χ1n) is 24.9. The average Bonchev–Trinajstić information content (AvgIpc) is 3.17. The largest absolute Gasteiger partial charge is 0.392 e. The Hall–Kier alpha value is -0.280. The Morgan fingerprint density at radius 3 is 0.945 bits per heavy atom. The van der Waals surface area contributed by atoms with Gasteiger partial charge in [0.15, 0.2) is 0 Å². The van der Waals surface area contributed by atoms with Crippen LogP contribution >= 0.6 is 0 Å². The van der Waals surface area contributed by atoms with E-state index in [1.54, 1.807) is 0 Å². The Bertz CT molecular complexity index is 670. The van der Waals surface area contributed by atoms with E-state index in [4.69, 9.17) is 0 Å². The van der Waals surface area contributed by atoms with Gasteiger partial charge in [-0.25, -0.2) is 0 Å². The summed E-state index contributed by atoms with van der Waals surface area (Å²) in [4.78, 5) is 2.30. The van der Waals surface area contributed by atoms with E-state index in [0.717, 1.165) is 77.8 Å². The maximum atomic E-state index is 10.9. The lowest BCUT2D eigenvalue weighted by atomic mass is 10.0. The van der Waals surface area contributed by atoms with Gasteiger partial charge in [-0.1, -0.05) is 213 Å². The van der Waals surface area contributed by atoms with Crippen LogP contribution in [0.2, 0.25) is 0 Å². The second kappa shape index (κ2) is 46.4. The van der Waals surface area contributed by atoms with Gasteiger partial charge in [0.2, 0.25) is 0 Å². The average molecular weight is 783 g/mol. The van der Waals surface area contributed by atoms with Gasteiger partial charge in [-0.15, -0.1) is 0 Å². The minimum absolute atomic E-state index is 0.236. The summed E-state index contributed by atoms with van der Waals surface area (Å²) in [6, 6.07) is 0. The second-order valence-electron chi connectivity index (χ2n) is 17.3. The fraction of sp³-hybridized carbons (Fsp3) is 1.00. The number of aliphatic hydroxyl groups is 3. The van der Waals surface area contributed by atoms with Gasteiger partial charge in [-0.3, -0.25) is 4.90 Å². The number of unbranched alkanes of at least 4 members (excludes halogenated alkanes) is 27. The van der Waals surface area contributed by atoms with Crippen LogP contribution in [0.25, 0.3) is 0 Å². The molecule has 0 heterocycles. The molecule has 0 fully saturated rings. The van der Waals surface area contributed by atoms with E-state index < -0.39 is 0 Å². The summed E-state index contributed by atoms with van der Waals surface area (Å²) in [7, 11) is 0. The molecular formula is C48H102N4O3. The van der Waals surface area contributed by atoms with E-state index in [1.165, 1.54) is 173 Å². The quantitative estimate of drug-likeness (QED) is 0.0342. The van der Waals surface area contributed by atoms with Crippen molar-refractivity contribution in [1.82, 2.24) is 20.9 Å². The number of nitrogens with zero attached hydrogens (tertiary/aromatic N) is 1. The van der Waals surface area contributed by atoms with Crippen molar-refractivity contribution in [2.45, 2.75) is 251 Å². The maximum Gasteiger partial charge on any atom is 0.0667 e. The molecule has 0 aromatic carbocycles. The molecule has 3 unspecified atom stereocenters. The van der Waals surface area contributed by atoms with Crippen molar-refractivity contribution in [3.8, 4) is 0 Å². The van der Waals surface area contributed by atoms with Crippen molar-refractivity contribution < 1.29 is 15.3 Å². The fourth-order valence-electron chi connectivity index (χ4n) is 7.85. The molecule has 0 amide bonds. The molecule has 7 nitrogen and oxygen atoms in total. The highest BCUT2D eigenvalue weighted by atomic mass is 16.3. The third-order valence-corrected chi connectivity index (χ3v) is 11.6. The van der Waals surface area contributed by atoms with Crippen molar-refractivity contribution >= 4 is 0 Å². The number of hydrogen-bond acceptors (Lipinski definition) is 7. The lowest BCUT2D eigenvalue weighted by molar-refractivity contribution is 0.0610. The zero-order valence-corrected chi connectivity index (χ0v) is 37.7. The van der Waals surface area contributed by atoms with Gasteiger partial charge in [0, 0.05) is 58.9 Å². The molecule has 0 saturated carbocycles. The molecule has 3 atom stereocenters. The lowest BCUT2D eigenvalue weighted by Gasteiger charge is -2.27. The van der Waals surface area contributed by atoms with Gasteiger partial charge in [0.05, 0.1) is 18.3 Å². The van der Waals surface area contributed by atoms with Crippen molar-refractivity contribution in [2.75, 3.05) is 58.9 Å². The molecular weight excluding hydrogens is 681 g/mol. The van der Waals surface area contributed by atoms with Gasteiger partial charge in [0.25, 0.3) is 0 Å². The van der Waals surface area contributed by atoms with E-state index in [1.807, 2.05) is 0 Å². The Morgan fingerprint density at radius 2 is 0.600 bits per heavy atom. The molecule has 0 rings (SSSR count). The Balaban J connectivity index is 4.14. The lowest BCUT2D eigenvalue weighted by Crippen LogP contribution is -2.42. The molecule has 0 radical (unpaired) electrons. The van der Waals surface area contributed by atoms with Crippen molar-refractivity contribution in [1.29, 1.82) is 0 Å². The normalized spacial score (nSPS) is 13.6. The molecule has 0 aliphatic heterocycles. The van der Waals surface area contributed by atoms with Crippen LogP contribution in [0.15, 0.2) is 0 Å². The van der Waals surface area contributed by atoms with Crippen LogP contribution < -0.4 is 16.0 Å². The minimum Gasteiger partial charge on any atom is -0.392 e. The van der Waals surface area contributed by atoms with Gasteiger partial charge in [0.1, 0.15) is 0 Å². The maximum absolute atomic E-state index is 10.9. The summed E-state index contributed by atoms with van der Waals surface area (Å²) in [6.45, 7) is 14.1. The van der Waals surface area contributed by atoms with Crippen LogP contribution in [0.1, 0.15) is 233 Å². The summed E-state index contributed by atoms with van der Waals surface area (Å²) < 4.78 is 0. The highest BCUT2D eigenvalue weighted by Crippen LogP contribution is 2.15. The molecule has 7 heteroatoms. The molecule has 0 spiro atoms. The molecule has 0 aromatic rings. The van der Waals surface area contributed by atoms with Crippen LogP contribution in [0, 0.1) is 0 Å². The number of rotatable bonds is 48. The smallest absolute Gasteiger partial charge is 0.0667 e. The molecule has 0 aliphatic carbocycles. The Labute approximate surface area is 345 Å². The summed E-state index contributed by atoms with van der Waals surface area (Å²) in [5, 5.41) is 42.7. The molecule has 0 aliphatic rings. The van der Waals surface area contributed by atoms with E-state index in [9.17, 15) is 15.3 Å². The molecule has 332 valence electrons. The summed E-state index contributed by atoms with van der Waals surface area (Å²) >= 11 is 0. The highest BCUT2D eigenvalue weighted by Gasteiger charge is 2.16. The Morgan fingerprint density at radius 1 is 0.327 bits per heavy atom. The van der Waals surface area contributed by atoms with E-state index in [0.29, 0.717) is 19.6 Å². The zero-order chi connectivity index (χ0) is 40.1. The number of hydrogen-bond donors (Lipinski definition) is 6. The first-order chi connectivity index (χ1) is 27.0. The molecule has 0 bridgehead atoms. The molecule has 6 N–H and O–H groups in total. The fourth-order valence-corrected chi connectivity index (χ4v) is 7.85. The summed E-state index contributed by atoms with van der Waals surface area (Å²) in [6.07, 6.45) is 41.4. The van der Waals surface area contributed by atoms with Crippen molar-refractivity contribution in [2.24, 2.45) is 0 Å². The predicted molar refractivity (Wildman–Crippen MR) is 242 cm³/mol. The van der Waals surface area contributed by atoms with E-state index in [-0.39, 0.29) is 18.3 Å². The number of nitrogens with one attached hydrogen (secondary N) is 3. The third-order valence-electron chi connectivity index (χ3n) is 11.6. The van der Waals surface area contributed by atoms with Crippen LogP contribution in [0.3, 0.4) is 0 Å². The van der Waals surface area contributed by atoms with Gasteiger partial charge < -0.3 is 31.3 Å². The van der Waals surface area contributed by atoms with Crippen LogP contribution in [-0.4, -0.2) is 97.4 Å². The van der Waals surface area contributed by atoms with Gasteiger partial charge >= 0.3 is 0 Å². The molecule has 0 aromatic heterocycles. The molecule has 55 heavy (non-hydrogen) atoms. The van der Waals surface area contributed by atoms with Gasteiger partial charge in [-0.05, 0) is 19.3 Å². The number of aliphatic hydroxyl groups excluding tert-OH is 3. The van der Waals surface area contributed by atoms with E-state index >= 15 is 0 Å². The van der Waals surface area contributed by atoms with Gasteiger partial charge in [-0.2, -0.15) is 0 Å². The third kappa shape index (κ3) is 44.7. The van der Waals surface area contributed by atoms with E-state index in [2.05, 4.69) is 41.6 Å². The van der Waals surface area contributed by atoms with Crippen LogP contribution in [0.4, 0.5) is 0 Å². The van der Waals surface area contributed by atoms with Crippen LogP contribution in [0.5, 0.6) is 0 Å². The summed E-state index contributed by atoms with van der Waals surface area (Å²) in [5.41, 5.74) is 0. The first-order valence-corrected chi connectivity index (χ1v) is 24.9. The van der Waals surface area contributed by atoms with Crippen molar-refractivity contribution in [3.63, 3.8) is 0 Å². The zero-order valence-electron chi connectivity index (χ0n) is 37.7. The molecule has 0 saturated heterocycles. The highest BCUT2D eigenvalue weighted by molar-refractivity contribution is 4.71. The standard InChI is InChI=1S/C48H102N4O3/c1-4-7-10-13-16-19-22-25-28-31-34-46(53)43-51-40-39-49-37-38-50-41-42-52(44-47(54)35-32-29-26-23-20-17-14-11-8-5-2)45-48(55)36-33-30-27-24-21-18-15-12-9-6-3/h46-51,53-55H,4-45H2,1-3H3. The predicted octanol–water partition coefficient (Wildman–Crippen LogP) is 11.1. The topological polar surface area (TPSA) is 100 Å². The SMILES string of the molecule is CCCCCCCCCCCCC(O)CNCCNCCNCCN(CC(O)CCCCCCCCCCCC)CC(O)CCCCCCCCCCCC. The monoisotopic (exact) mass is 783 g/mol. The first kappa shape index (κ1) is 54.7. The minimum atomic E-state index is -0.318. The Kier molecular flexibility index (Phi) is 46.2. The van der Waals surface area contributed by atoms with Crippen LogP contribution in [-0.2, 0) is 0 Å². The summed E-state index contributed by atoms with van der Waals surface area (Å²) in [5.74, 6) is 0.